The van der Waals surface area contributed by atoms with Crippen molar-refractivity contribution in [1.29, 1.82) is 0 Å². The Morgan fingerprint density at radius 1 is 0.968 bits per heavy atom. The number of ether oxygens (including phenoxy) is 1. The SMILES string of the molecule is CCOC(=O)CCc1ccc2nc(Cc3cc(Cc4ccccc4)nc(F)n3)sc2c1. The van der Waals surface area contributed by atoms with E-state index in [-0.39, 0.29) is 5.97 Å². The van der Waals surface area contributed by atoms with Gasteiger partial charge in [0.2, 0.25) is 0 Å². The highest BCUT2D eigenvalue weighted by atomic mass is 32.1. The lowest BCUT2D eigenvalue weighted by atomic mass is 10.1. The molecule has 0 aliphatic carbocycles. The molecule has 31 heavy (non-hydrogen) atoms. The summed E-state index contributed by atoms with van der Waals surface area (Å²) >= 11 is 1.56. The average Bonchev–Trinajstić information content (AvgIpc) is 3.14. The fourth-order valence-electron chi connectivity index (χ4n) is 3.39. The fourth-order valence-corrected chi connectivity index (χ4v) is 4.43. The number of nitrogens with zero attached hydrogens (tertiary/aromatic N) is 3. The van der Waals surface area contributed by atoms with Crippen LogP contribution in [0.2, 0.25) is 0 Å². The van der Waals surface area contributed by atoms with E-state index in [1.54, 1.807) is 18.3 Å². The number of carbonyl (C=O) groups excluding carboxylic acids is 1. The van der Waals surface area contributed by atoms with Gasteiger partial charge in [0, 0.05) is 19.3 Å². The number of rotatable bonds is 8. The predicted octanol–water partition coefficient (Wildman–Crippen LogP) is 4.90. The Balaban J connectivity index is 1.48. The average molecular weight is 436 g/mol. The highest BCUT2D eigenvalue weighted by Gasteiger charge is 2.11. The highest BCUT2D eigenvalue weighted by molar-refractivity contribution is 7.18. The molecule has 4 aromatic rings. The van der Waals surface area contributed by atoms with Crippen molar-refractivity contribution in [2.75, 3.05) is 6.61 Å². The van der Waals surface area contributed by atoms with Crippen LogP contribution in [0.1, 0.15) is 40.9 Å². The zero-order valence-electron chi connectivity index (χ0n) is 17.2. The number of thiazole rings is 1. The molecule has 7 heteroatoms. The van der Waals surface area contributed by atoms with Gasteiger partial charge in [-0.1, -0.05) is 36.4 Å². The molecule has 2 heterocycles. The van der Waals surface area contributed by atoms with Gasteiger partial charge in [-0.2, -0.15) is 4.39 Å². The van der Waals surface area contributed by atoms with Gasteiger partial charge in [-0.15, -0.1) is 11.3 Å². The van der Waals surface area contributed by atoms with Crippen LogP contribution in [0.3, 0.4) is 0 Å². The van der Waals surface area contributed by atoms with Gasteiger partial charge in [0.05, 0.1) is 33.2 Å². The molecule has 0 bridgehead atoms. The first-order valence-electron chi connectivity index (χ1n) is 10.2. The molecular weight excluding hydrogens is 413 g/mol. The van der Waals surface area contributed by atoms with Crippen molar-refractivity contribution in [2.24, 2.45) is 0 Å². The summed E-state index contributed by atoms with van der Waals surface area (Å²) in [6.07, 6.45) is 1.26. The molecule has 0 atom stereocenters. The Morgan fingerprint density at radius 2 is 1.74 bits per heavy atom. The van der Waals surface area contributed by atoms with Crippen molar-refractivity contribution in [3.05, 3.63) is 88.2 Å². The number of hydrogen-bond donors (Lipinski definition) is 0. The van der Waals surface area contributed by atoms with Crippen molar-refractivity contribution >= 4 is 27.5 Å². The monoisotopic (exact) mass is 435 g/mol. The highest BCUT2D eigenvalue weighted by Crippen LogP contribution is 2.25. The molecule has 0 saturated heterocycles. The first-order chi connectivity index (χ1) is 15.1. The van der Waals surface area contributed by atoms with Crippen LogP contribution in [-0.2, 0) is 28.8 Å². The summed E-state index contributed by atoms with van der Waals surface area (Å²) in [6, 6.07) is 17.7. The fraction of sp³-hybridized carbons (Fsp3) is 0.250. The molecule has 0 aliphatic rings. The van der Waals surface area contributed by atoms with Crippen LogP contribution < -0.4 is 0 Å². The van der Waals surface area contributed by atoms with E-state index in [9.17, 15) is 9.18 Å². The molecule has 158 valence electrons. The van der Waals surface area contributed by atoms with Crippen LogP contribution in [0, 0.1) is 6.08 Å². The molecule has 0 radical (unpaired) electrons. The van der Waals surface area contributed by atoms with Crippen molar-refractivity contribution in [3.8, 4) is 0 Å². The number of benzene rings is 2. The maximum absolute atomic E-state index is 14.0. The van der Waals surface area contributed by atoms with Crippen LogP contribution >= 0.6 is 11.3 Å². The van der Waals surface area contributed by atoms with E-state index < -0.39 is 6.08 Å². The largest absolute Gasteiger partial charge is 0.466 e. The molecule has 0 fully saturated rings. The van der Waals surface area contributed by atoms with Gasteiger partial charge in [0.25, 0.3) is 0 Å². The number of hydrogen-bond acceptors (Lipinski definition) is 6. The van der Waals surface area contributed by atoms with Crippen LogP contribution in [0.25, 0.3) is 10.2 Å². The summed E-state index contributed by atoms with van der Waals surface area (Å²) in [4.78, 5) is 24.1. The van der Waals surface area contributed by atoms with E-state index in [0.29, 0.717) is 43.7 Å². The van der Waals surface area contributed by atoms with Crippen LogP contribution in [0.4, 0.5) is 4.39 Å². The summed E-state index contributed by atoms with van der Waals surface area (Å²) in [5.74, 6) is -0.190. The molecule has 5 nitrogen and oxygen atoms in total. The lowest BCUT2D eigenvalue weighted by Crippen LogP contribution is -2.04. The Kier molecular flexibility index (Phi) is 6.62. The zero-order valence-corrected chi connectivity index (χ0v) is 18.0. The molecule has 0 amide bonds. The van der Waals surface area contributed by atoms with Crippen molar-refractivity contribution in [3.63, 3.8) is 0 Å². The second-order valence-electron chi connectivity index (χ2n) is 7.17. The van der Waals surface area contributed by atoms with Crippen molar-refractivity contribution in [2.45, 2.75) is 32.6 Å². The van der Waals surface area contributed by atoms with Gasteiger partial charge < -0.3 is 4.74 Å². The maximum atomic E-state index is 14.0. The number of aromatic nitrogens is 3. The molecule has 0 spiro atoms. The minimum Gasteiger partial charge on any atom is -0.466 e. The number of halogens is 1. The summed E-state index contributed by atoms with van der Waals surface area (Å²) < 4.78 is 20.0. The molecule has 2 aromatic carbocycles. The molecule has 0 aliphatic heterocycles. The molecule has 4 rings (SSSR count). The Labute approximate surface area is 184 Å². The molecule has 2 aromatic heterocycles. The van der Waals surface area contributed by atoms with Gasteiger partial charge in [0.15, 0.2) is 0 Å². The smallest absolute Gasteiger partial charge is 0.309 e. The van der Waals surface area contributed by atoms with Gasteiger partial charge in [-0.3, -0.25) is 4.79 Å². The summed E-state index contributed by atoms with van der Waals surface area (Å²) in [7, 11) is 0. The summed E-state index contributed by atoms with van der Waals surface area (Å²) in [5, 5.41) is 0.862. The Bertz CT molecular complexity index is 1190. The minimum atomic E-state index is -0.717. The Hall–Kier alpha value is -3.19. The molecule has 0 saturated carbocycles. The minimum absolute atomic E-state index is 0.190. The third-order valence-corrected chi connectivity index (χ3v) is 5.80. The number of fused-ring (bicyclic) bond motifs is 1. The van der Waals surface area contributed by atoms with Gasteiger partial charge >= 0.3 is 12.0 Å². The maximum Gasteiger partial charge on any atom is 0.309 e. The van der Waals surface area contributed by atoms with Gasteiger partial charge in [-0.25, -0.2) is 15.0 Å². The Morgan fingerprint density at radius 3 is 2.52 bits per heavy atom. The lowest BCUT2D eigenvalue weighted by molar-refractivity contribution is -0.143. The molecule has 0 N–H and O–H groups in total. The van der Waals surface area contributed by atoms with Crippen molar-refractivity contribution < 1.29 is 13.9 Å². The predicted molar refractivity (Wildman–Crippen MR) is 119 cm³/mol. The van der Waals surface area contributed by atoms with E-state index in [1.807, 2.05) is 48.5 Å². The van der Waals surface area contributed by atoms with E-state index >= 15 is 0 Å². The first-order valence-corrected chi connectivity index (χ1v) is 11.0. The number of aryl methyl sites for hydroxylation is 1. The first kappa shape index (κ1) is 21.1. The number of carbonyl (C=O) groups is 1. The molecular formula is C24H22FN3O2S. The van der Waals surface area contributed by atoms with E-state index in [0.717, 1.165) is 26.4 Å². The van der Waals surface area contributed by atoms with Crippen LogP contribution in [-0.4, -0.2) is 27.5 Å². The number of esters is 1. The standard InChI is InChI=1S/C24H22FN3O2S/c1-2-30-23(29)11-9-17-8-10-20-21(13-17)31-22(28-20)15-19-14-18(26-24(25)27-19)12-16-6-4-3-5-7-16/h3-8,10,13-14H,2,9,11-12,15H2,1H3. The van der Waals surface area contributed by atoms with Crippen molar-refractivity contribution in [1.82, 2.24) is 15.0 Å². The summed E-state index contributed by atoms with van der Waals surface area (Å²) in [6.45, 7) is 2.20. The van der Waals surface area contributed by atoms with Gasteiger partial charge in [-0.05, 0) is 42.7 Å². The summed E-state index contributed by atoms with van der Waals surface area (Å²) in [5.41, 5.74) is 4.28. The normalized spacial score (nSPS) is 11.0. The van der Waals surface area contributed by atoms with E-state index in [1.165, 1.54) is 0 Å². The quantitative estimate of drug-likeness (QED) is 0.291. The van der Waals surface area contributed by atoms with Crippen LogP contribution in [0.5, 0.6) is 0 Å². The second kappa shape index (κ2) is 9.75. The van der Waals surface area contributed by atoms with Crippen LogP contribution in [0.15, 0.2) is 54.6 Å². The van der Waals surface area contributed by atoms with E-state index in [4.69, 9.17) is 4.74 Å². The van der Waals surface area contributed by atoms with Gasteiger partial charge in [0.1, 0.15) is 0 Å². The topological polar surface area (TPSA) is 65.0 Å². The zero-order chi connectivity index (χ0) is 21.6. The second-order valence-corrected chi connectivity index (χ2v) is 8.29. The third-order valence-electron chi connectivity index (χ3n) is 4.79. The lowest BCUT2D eigenvalue weighted by Gasteiger charge is -2.04. The molecule has 0 unspecified atom stereocenters. The van der Waals surface area contributed by atoms with E-state index in [2.05, 4.69) is 21.0 Å². The third kappa shape index (κ3) is 5.70.